The van der Waals surface area contributed by atoms with Crippen molar-refractivity contribution in [3.05, 3.63) is 0 Å². The van der Waals surface area contributed by atoms with Crippen LogP contribution in [0, 0.1) is 5.92 Å². The third-order valence-corrected chi connectivity index (χ3v) is 5.27. The van der Waals surface area contributed by atoms with E-state index in [0.29, 0.717) is 12.0 Å². The minimum atomic E-state index is 0.349. The highest BCUT2D eigenvalue weighted by Gasteiger charge is 2.29. The van der Waals surface area contributed by atoms with Crippen molar-refractivity contribution in [2.24, 2.45) is 11.7 Å². The van der Waals surface area contributed by atoms with Crippen molar-refractivity contribution >= 4 is 0 Å². The molecular weight excluding hydrogens is 238 g/mol. The van der Waals surface area contributed by atoms with Gasteiger partial charge in [-0.25, -0.2) is 0 Å². The molecule has 3 fully saturated rings. The predicted octanol–water partition coefficient (Wildman–Crippen LogP) is 0.910. The summed E-state index contributed by atoms with van der Waals surface area (Å²) >= 11 is 0. The second-order valence-corrected chi connectivity index (χ2v) is 6.56. The van der Waals surface area contributed by atoms with E-state index in [0.717, 1.165) is 32.2 Å². The Balaban J connectivity index is 1.42. The number of hydrogen-bond acceptors (Lipinski definition) is 4. The molecule has 1 aliphatic carbocycles. The number of ether oxygens (including phenoxy) is 1. The van der Waals surface area contributed by atoms with Crippen molar-refractivity contribution in [1.82, 2.24) is 9.80 Å². The summed E-state index contributed by atoms with van der Waals surface area (Å²) in [5, 5.41) is 0. The van der Waals surface area contributed by atoms with E-state index in [2.05, 4.69) is 9.80 Å². The summed E-state index contributed by atoms with van der Waals surface area (Å²) in [7, 11) is 0. The van der Waals surface area contributed by atoms with Gasteiger partial charge in [-0.15, -0.1) is 0 Å². The molecule has 4 heteroatoms. The van der Waals surface area contributed by atoms with Crippen LogP contribution in [0.25, 0.3) is 0 Å². The maximum absolute atomic E-state index is 6.21. The van der Waals surface area contributed by atoms with E-state index in [1.807, 2.05) is 0 Å². The fourth-order valence-corrected chi connectivity index (χ4v) is 3.91. The average Bonchev–Trinajstić information content (AvgIpc) is 2.96. The van der Waals surface area contributed by atoms with Gasteiger partial charge < -0.3 is 15.4 Å². The summed E-state index contributed by atoms with van der Waals surface area (Å²) in [6, 6.07) is 1.24. The van der Waals surface area contributed by atoms with E-state index in [4.69, 9.17) is 10.5 Å². The van der Waals surface area contributed by atoms with E-state index in [1.165, 1.54) is 51.9 Å². The smallest absolute Gasteiger partial charge is 0.0521 e. The van der Waals surface area contributed by atoms with Crippen LogP contribution in [0.4, 0.5) is 0 Å². The molecule has 0 spiro atoms. The van der Waals surface area contributed by atoms with Gasteiger partial charge in [0.2, 0.25) is 0 Å². The Morgan fingerprint density at radius 1 is 1.00 bits per heavy atom. The Hall–Kier alpha value is -0.160. The van der Waals surface area contributed by atoms with Gasteiger partial charge in [0.15, 0.2) is 0 Å². The van der Waals surface area contributed by atoms with E-state index >= 15 is 0 Å². The highest BCUT2D eigenvalue weighted by molar-refractivity contribution is 4.85. The zero-order valence-electron chi connectivity index (χ0n) is 12.1. The standard InChI is InChI=1S/C15H29N3O/c16-15-5-10-19-12-13(15)11-17-6-8-18(9-7-17)14-3-1-2-4-14/h13-15H,1-12,16H2. The van der Waals surface area contributed by atoms with E-state index in [9.17, 15) is 0 Å². The lowest BCUT2D eigenvalue weighted by molar-refractivity contribution is 0.0138. The minimum Gasteiger partial charge on any atom is -0.381 e. The molecule has 2 aliphatic heterocycles. The summed E-state index contributed by atoms with van der Waals surface area (Å²) < 4.78 is 5.58. The van der Waals surface area contributed by atoms with Crippen molar-refractivity contribution in [2.75, 3.05) is 45.9 Å². The molecule has 2 heterocycles. The van der Waals surface area contributed by atoms with Gasteiger partial charge >= 0.3 is 0 Å². The topological polar surface area (TPSA) is 41.7 Å². The summed E-state index contributed by atoms with van der Waals surface area (Å²) in [6.45, 7) is 7.82. The SMILES string of the molecule is NC1CCOCC1CN1CCN(C2CCCC2)CC1. The highest BCUT2D eigenvalue weighted by atomic mass is 16.5. The van der Waals surface area contributed by atoms with Crippen molar-refractivity contribution < 1.29 is 4.74 Å². The van der Waals surface area contributed by atoms with Gasteiger partial charge in [0, 0.05) is 57.3 Å². The summed E-state index contributed by atoms with van der Waals surface area (Å²) in [4.78, 5) is 5.32. The first-order valence-corrected chi connectivity index (χ1v) is 8.12. The first-order valence-electron chi connectivity index (χ1n) is 8.12. The highest BCUT2D eigenvalue weighted by Crippen LogP contribution is 2.24. The van der Waals surface area contributed by atoms with Crippen LogP contribution >= 0.6 is 0 Å². The fraction of sp³-hybridized carbons (Fsp3) is 1.00. The molecule has 3 aliphatic rings. The van der Waals surface area contributed by atoms with Gasteiger partial charge in [0.25, 0.3) is 0 Å². The van der Waals surface area contributed by atoms with Crippen LogP contribution in [0.3, 0.4) is 0 Å². The van der Waals surface area contributed by atoms with Gasteiger partial charge in [0.05, 0.1) is 6.61 Å². The number of nitrogens with zero attached hydrogens (tertiary/aromatic N) is 2. The van der Waals surface area contributed by atoms with Gasteiger partial charge in [-0.05, 0) is 19.3 Å². The van der Waals surface area contributed by atoms with Crippen LogP contribution in [0.5, 0.6) is 0 Å². The average molecular weight is 267 g/mol. The Morgan fingerprint density at radius 3 is 2.42 bits per heavy atom. The largest absolute Gasteiger partial charge is 0.381 e. The van der Waals surface area contributed by atoms with Crippen LogP contribution in [0.2, 0.25) is 0 Å². The summed E-state index contributed by atoms with van der Waals surface area (Å²) in [5.41, 5.74) is 6.21. The number of nitrogens with two attached hydrogens (primary N) is 1. The maximum atomic E-state index is 6.21. The molecule has 0 amide bonds. The monoisotopic (exact) mass is 267 g/mol. The van der Waals surface area contributed by atoms with Crippen LogP contribution in [0.1, 0.15) is 32.1 Å². The lowest BCUT2D eigenvalue weighted by Gasteiger charge is -2.40. The van der Waals surface area contributed by atoms with E-state index < -0.39 is 0 Å². The fourth-order valence-electron chi connectivity index (χ4n) is 3.91. The van der Waals surface area contributed by atoms with Crippen molar-refractivity contribution in [1.29, 1.82) is 0 Å². The van der Waals surface area contributed by atoms with Crippen LogP contribution in [-0.4, -0.2) is 67.8 Å². The molecule has 0 aromatic rings. The number of rotatable bonds is 3. The normalized spacial score (nSPS) is 35.8. The Kier molecular flexibility index (Phi) is 4.74. The van der Waals surface area contributed by atoms with E-state index in [-0.39, 0.29) is 0 Å². The van der Waals surface area contributed by atoms with Gasteiger partial charge in [-0.3, -0.25) is 4.90 Å². The lowest BCUT2D eigenvalue weighted by Crippen LogP contribution is -2.53. The summed E-state index contributed by atoms with van der Waals surface area (Å²) in [5.74, 6) is 0.548. The molecular formula is C15H29N3O. The van der Waals surface area contributed by atoms with Crippen molar-refractivity contribution in [3.63, 3.8) is 0 Å². The zero-order valence-corrected chi connectivity index (χ0v) is 12.1. The van der Waals surface area contributed by atoms with Gasteiger partial charge in [-0.2, -0.15) is 0 Å². The Labute approximate surface area is 117 Å². The van der Waals surface area contributed by atoms with Crippen LogP contribution in [0.15, 0.2) is 0 Å². The van der Waals surface area contributed by atoms with Gasteiger partial charge in [-0.1, -0.05) is 12.8 Å². The summed E-state index contributed by atoms with van der Waals surface area (Å²) in [6.07, 6.45) is 6.79. The molecule has 0 radical (unpaired) electrons. The van der Waals surface area contributed by atoms with Crippen LogP contribution < -0.4 is 5.73 Å². The predicted molar refractivity (Wildman–Crippen MR) is 77.2 cm³/mol. The molecule has 2 atom stereocenters. The number of hydrogen-bond donors (Lipinski definition) is 1. The Morgan fingerprint density at radius 2 is 1.74 bits per heavy atom. The second-order valence-electron chi connectivity index (χ2n) is 6.56. The molecule has 0 bridgehead atoms. The molecule has 0 aromatic carbocycles. The molecule has 19 heavy (non-hydrogen) atoms. The molecule has 2 saturated heterocycles. The minimum absolute atomic E-state index is 0.349. The van der Waals surface area contributed by atoms with Crippen molar-refractivity contribution in [2.45, 2.75) is 44.2 Å². The second kappa shape index (κ2) is 6.53. The molecule has 1 saturated carbocycles. The lowest BCUT2D eigenvalue weighted by atomic mass is 9.96. The molecule has 2 N–H and O–H groups in total. The zero-order chi connectivity index (χ0) is 13.1. The molecule has 3 rings (SSSR count). The third-order valence-electron chi connectivity index (χ3n) is 5.27. The third kappa shape index (κ3) is 3.48. The number of piperazine rings is 1. The van der Waals surface area contributed by atoms with Crippen molar-refractivity contribution in [3.8, 4) is 0 Å². The van der Waals surface area contributed by atoms with Gasteiger partial charge in [0.1, 0.15) is 0 Å². The van der Waals surface area contributed by atoms with Crippen LogP contribution in [-0.2, 0) is 4.74 Å². The molecule has 4 nitrogen and oxygen atoms in total. The maximum Gasteiger partial charge on any atom is 0.0521 e. The quantitative estimate of drug-likeness (QED) is 0.825. The molecule has 110 valence electrons. The first-order chi connectivity index (χ1) is 9.33. The first kappa shape index (κ1) is 13.8. The molecule has 0 aromatic heterocycles. The Bertz CT molecular complexity index is 273. The molecule has 2 unspecified atom stereocenters. The van der Waals surface area contributed by atoms with E-state index in [1.54, 1.807) is 0 Å².